The molecule has 180 valence electrons. The van der Waals surface area contributed by atoms with Gasteiger partial charge >= 0.3 is 22.2 Å². The average Bonchev–Trinajstić information content (AvgIpc) is 3.05. The number of carbonyl (C=O) groups excluding carboxylic acids is 1. The molecular weight excluding hydrogens is 464 g/mol. The zero-order chi connectivity index (χ0) is 24.7. The van der Waals surface area contributed by atoms with Crippen LogP contribution in [0.1, 0.15) is 11.1 Å². The number of aromatic hydroxyl groups is 1. The molecule has 2 aromatic carbocycles. The second kappa shape index (κ2) is 10.7. The maximum Gasteiger partial charge on any atom is 0.328 e. The highest BCUT2D eigenvalue weighted by Crippen LogP contribution is 2.13. The van der Waals surface area contributed by atoms with E-state index in [1.54, 1.807) is 24.3 Å². The number of rotatable bonds is 8. The van der Waals surface area contributed by atoms with Crippen LogP contribution in [0.15, 0.2) is 58.5 Å². The molecule has 1 atom stereocenters. The molecule has 0 bridgehead atoms. The van der Waals surface area contributed by atoms with Gasteiger partial charge in [0.2, 0.25) is 0 Å². The average molecular weight is 489 g/mol. The highest BCUT2D eigenvalue weighted by molar-refractivity contribution is 7.89. The topological polar surface area (TPSA) is 182 Å². The predicted octanol–water partition coefficient (Wildman–Crippen LogP) is 0.753. The van der Waals surface area contributed by atoms with Gasteiger partial charge in [0.25, 0.3) is 0 Å². The normalized spacial score (nSPS) is 17.6. The summed E-state index contributed by atoms with van der Waals surface area (Å²) in [5, 5.41) is 24.2. The fourth-order valence-electron chi connectivity index (χ4n) is 3.01. The van der Waals surface area contributed by atoms with Crippen molar-refractivity contribution >= 4 is 39.6 Å². The van der Waals surface area contributed by atoms with Gasteiger partial charge in [0.15, 0.2) is 17.7 Å². The molecule has 0 unspecified atom stereocenters. The molecule has 1 heterocycles. The minimum atomic E-state index is -3.98. The first-order valence-corrected chi connectivity index (χ1v) is 11.6. The zero-order valence-electron chi connectivity index (χ0n) is 18.1. The van der Waals surface area contributed by atoms with Crippen molar-refractivity contribution in [2.75, 3.05) is 18.4 Å². The third-order valence-corrected chi connectivity index (χ3v) is 5.49. The first kappa shape index (κ1) is 24.5. The summed E-state index contributed by atoms with van der Waals surface area (Å²) in [6.07, 6.45) is -0.0329. The number of carbonyl (C=O) groups is 2. The van der Waals surface area contributed by atoms with Gasteiger partial charge in [-0.1, -0.05) is 24.3 Å². The molecule has 1 aliphatic rings. The van der Waals surface area contributed by atoms with Gasteiger partial charge in [0, 0.05) is 18.7 Å². The molecule has 3 rings (SSSR count). The summed E-state index contributed by atoms with van der Waals surface area (Å²) < 4.78 is 28.1. The van der Waals surface area contributed by atoms with Crippen molar-refractivity contribution in [2.24, 2.45) is 9.98 Å². The van der Waals surface area contributed by atoms with Crippen molar-refractivity contribution in [3.8, 4) is 5.75 Å². The van der Waals surface area contributed by atoms with Crippen LogP contribution in [-0.4, -0.2) is 61.4 Å². The highest BCUT2D eigenvalue weighted by atomic mass is 32.2. The number of aryl methyl sites for hydroxylation is 1. The molecule has 13 heteroatoms. The number of amides is 2. The van der Waals surface area contributed by atoms with Crippen LogP contribution >= 0.6 is 0 Å². The molecule has 0 saturated carbocycles. The largest absolute Gasteiger partial charge is 0.508 e. The second-order valence-electron chi connectivity index (χ2n) is 7.39. The number of nitrogens with one attached hydrogen (secondary N) is 4. The Kier molecular flexibility index (Phi) is 7.68. The molecule has 1 fully saturated rings. The zero-order valence-corrected chi connectivity index (χ0v) is 19.0. The van der Waals surface area contributed by atoms with Crippen molar-refractivity contribution in [3.05, 3.63) is 59.7 Å². The molecule has 0 radical (unpaired) electrons. The first-order chi connectivity index (χ1) is 16.1. The van der Waals surface area contributed by atoms with E-state index in [0.29, 0.717) is 11.3 Å². The number of anilines is 1. The van der Waals surface area contributed by atoms with Crippen LogP contribution in [0.5, 0.6) is 5.75 Å². The fraction of sp³-hybridized carbons (Fsp3) is 0.238. The van der Waals surface area contributed by atoms with Gasteiger partial charge in [-0.15, -0.1) is 0 Å². The maximum atomic E-state index is 12.0. The van der Waals surface area contributed by atoms with Crippen LogP contribution in [0.25, 0.3) is 0 Å². The van der Waals surface area contributed by atoms with E-state index in [9.17, 15) is 28.2 Å². The van der Waals surface area contributed by atoms with Crippen molar-refractivity contribution in [3.63, 3.8) is 0 Å². The van der Waals surface area contributed by atoms with E-state index < -0.39 is 28.3 Å². The van der Waals surface area contributed by atoms with Crippen LogP contribution < -0.4 is 20.1 Å². The molecule has 0 aromatic heterocycles. The number of aliphatic carboxylic acids is 1. The number of nitrogens with zero attached hydrogens (tertiary/aromatic N) is 2. The van der Waals surface area contributed by atoms with E-state index in [1.807, 2.05) is 19.1 Å². The molecule has 1 aliphatic heterocycles. The monoisotopic (exact) mass is 488 g/mol. The number of phenolic OH excluding ortho intramolecular Hbond substituents is 1. The number of amidine groups is 2. The van der Waals surface area contributed by atoms with Crippen LogP contribution in [0, 0.1) is 6.92 Å². The SMILES string of the molecule is Cc1cccc(NC(=O)NCCN=C2NS(=O)(=O)NC2=N[C@@H](Cc2ccc(O)cc2)C(=O)O)c1. The lowest BCUT2D eigenvalue weighted by Crippen LogP contribution is -2.32. The molecule has 0 aliphatic carbocycles. The number of carboxylic acid groups (broad SMARTS) is 1. The van der Waals surface area contributed by atoms with Gasteiger partial charge in [0.1, 0.15) is 5.75 Å². The van der Waals surface area contributed by atoms with Gasteiger partial charge < -0.3 is 20.8 Å². The Labute approximate surface area is 196 Å². The molecule has 34 heavy (non-hydrogen) atoms. The fourth-order valence-corrected chi connectivity index (χ4v) is 3.88. The van der Waals surface area contributed by atoms with Gasteiger partial charge in [-0.05, 0) is 42.3 Å². The lowest BCUT2D eigenvalue weighted by Gasteiger charge is -2.09. The number of phenols is 1. The van der Waals surface area contributed by atoms with Gasteiger partial charge in [0.05, 0.1) is 6.54 Å². The molecule has 1 saturated heterocycles. The smallest absolute Gasteiger partial charge is 0.328 e. The molecule has 2 aromatic rings. The van der Waals surface area contributed by atoms with E-state index >= 15 is 0 Å². The Morgan fingerprint density at radius 2 is 1.79 bits per heavy atom. The Bertz CT molecular complexity index is 1230. The van der Waals surface area contributed by atoms with E-state index in [2.05, 4.69) is 30.1 Å². The van der Waals surface area contributed by atoms with Crippen molar-refractivity contribution in [1.29, 1.82) is 0 Å². The van der Waals surface area contributed by atoms with Crippen LogP contribution in [0.4, 0.5) is 10.5 Å². The third kappa shape index (κ3) is 7.20. The Morgan fingerprint density at radius 1 is 1.09 bits per heavy atom. The van der Waals surface area contributed by atoms with E-state index in [1.165, 1.54) is 12.1 Å². The summed E-state index contributed by atoms with van der Waals surface area (Å²) in [7, 11) is -3.98. The summed E-state index contributed by atoms with van der Waals surface area (Å²) in [4.78, 5) is 31.8. The van der Waals surface area contributed by atoms with Gasteiger partial charge in [-0.2, -0.15) is 8.42 Å². The number of benzene rings is 2. The predicted molar refractivity (Wildman–Crippen MR) is 126 cm³/mol. The Hall–Kier alpha value is -4.13. The van der Waals surface area contributed by atoms with Crippen molar-refractivity contribution in [2.45, 2.75) is 19.4 Å². The maximum absolute atomic E-state index is 12.0. The quantitative estimate of drug-likeness (QED) is 0.298. The van der Waals surface area contributed by atoms with Crippen LogP contribution in [0.3, 0.4) is 0 Å². The lowest BCUT2D eigenvalue weighted by atomic mass is 10.1. The van der Waals surface area contributed by atoms with Gasteiger partial charge in [-0.3, -0.25) is 4.99 Å². The summed E-state index contributed by atoms with van der Waals surface area (Å²) in [5.74, 6) is -1.63. The standard InChI is InChI=1S/C21H24N6O6S/c1-13-3-2-4-15(11-13)24-21(31)23-10-9-22-18-19(27-34(32,33)26-18)25-17(20(29)30)12-14-5-7-16(28)8-6-14/h2-8,11,17,28H,9-10,12H2,1H3,(H,22,26)(H,25,27)(H,29,30)(H2,23,24,31)/t17-/m0/s1. The molecular formula is C21H24N6O6S. The summed E-state index contributed by atoms with van der Waals surface area (Å²) >= 11 is 0. The first-order valence-electron chi connectivity index (χ1n) is 10.2. The highest BCUT2D eigenvalue weighted by Gasteiger charge is 2.30. The summed E-state index contributed by atoms with van der Waals surface area (Å²) in [6.45, 7) is 2.00. The lowest BCUT2D eigenvalue weighted by molar-refractivity contribution is -0.138. The second-order valence-corrected chi connectivity index (χ2v) is 8.81. The number of carboxylic acids is 1. The minimum absolute atomic E-state index is 0.00942. The van der Waals surface area contributed by atoms with Crippen molar-refractivity contribution < 1.29 is 28.2 Å². The number of urea groups is 1. The van der Waals surface area contributed by atoms with E-state index in [0.717, 1.165) is 5.56 Å². The Balaban J connectivity index is 1.64. The molecule has 12 nitrogen and oxygen atoms in total. The number of hydrogen-bond acceptors (Lipinski definition) is 7. The Morgan fingerprint density at radius 3 is 2.47 bits per heavy atom. The molecule has 2 amide bonds. The molecule has 0 spiro atoms. The minimum Gasteiger partial charge on any atom is -0.508 e. The van der Waals surface area contributed by atoms with Crippen LogP contribution in [0.2, 0.25) is 0 Å². The summed E-state index contributed by atoms with van der Waals surface area (Å²) in [6, 6.07) is 11.4. The number of hydrogen-bond donors (Lipinski definition) is 6. The molecule has 6 N–H and O–H groups in total. The van der Waals surface area contributed by atoms with E-state index in [-0.39, 0.29) is 36.9 Å². The van der Waals surface area contributed by atoms with E-state index in [4.69, 9.17) is 0 Å². The number of aliphatic imine (C=N–C) groups is 2. The summed E-state index contributed by atoms with van der Waals surface area (Å²) in [5.41, 5.74) is 2.20. The van der Waals surface area contributed by atoms with Gasteiger partial charge in [-0.25, -0.2) is 24.0 Å². The third-order valence-electron chi connectivity index (χ3n) is 4.56. The van der Waals surface area contributed by atoms with Crippen molar-refractivity contribution in [1.82, 2.24) is 14.8 Å². The van der Waals surface area contributed by atoms with Crippen LogP contribution in [-0.2, 0) is 21.4 Å².